The van der Waals surface area contributed by atoms with Crippen LogP contribution in [0.25, 0.3) is 21.9 Å². The van der Waals surface area contributed by atoms with Gasteiger partial charge in [0, 0.05) is 39.9 Å². The first-order valence-electron chi connectivity index (χ1n) is 9.21. The van der Waals surface area contributed by atoms with Gasteiger partial charge in [-0.05, 0) is 43.4 Å². The average Bonchev–Trinajstić information content (AvgIpc) is 3.19. The fraction of sp³-hybridized carbons (Fsp3) is 0.476. The predicted molar refractivity (Wildman–Crippen MR) is 97.2 cm³/mol. The summed E-state index contributed by atoms with van der Waals surface area (Å²) in [5, 5.41) is 2.28. The number of furan rings is 1. The lowest BCUT2D eigenvalue weighted by atomic mass is 9.68. The van der Waals surface area contributed by atoms with Gasteiger partial charge in [0.2, 0.25) is 0 Å². The monoisotopic (exact) mass is 323 g/mol. The van der Waals surface area contributed by atoms with Crippen LogP contribution in [-0.4, -0.2) is 10.8 Å². The lowest BCUT2D eigenvalue weighted by Crippen LogP contribution is -2.34. The van der Waals surface area contributed by atoms with Crippen LogP contribution in [0.2, 0.25) is 0 Å². The van der Waals surface area contributed by atoms with Crippen LogP contribution in [0, 0.1) is 11.8 Å². The van der Waals surface area contributed by atoms with Crippen molar-refractivity contribution in [2.45, 2.75) is 51.9 Å². The Kier molecular flexibility index (Phi) is 3.95. The van der Waals surface area contributed by atoms with E-state index in [2.05, 4.69) is 24.9 Å². The van der Waals surface area contributed by atoms with Gasteiger partial charge in [-0.2, -0.15) is 0 Å². The number of hydrogen-bond acceptors (Lipinski definition) is 2. The van der Waals surface area contributed by atoms with Crippen LogP contribution >= 0.6 is 0 Å². The average molecular weight is 323 g/mol. The molecule has 1 aliphatic rings. The predicted octanol–water partition coefficient (Wildman–Crippen LogP) is 5.80. The third-order valence-corrected chi connectivity index (χ3v) is 5.85. The van der Waals surface area contributed by atoms with Crippen LogP contribution in [0.5, 0.6) is 0 Å². The highest BCUT2D eigenvalue weighted by Crippen LogP contribution is 2.42. The number of H-pyrrole nitrogens is 1. The first-order valence-corrected chi connectivity index (χ1v) is 9.21. The summed E-state index contributed by atoms with van der Waals surface area (Å²) in [5.41, 5.74) is 3.07. The molecule has 0 radical (unpaired) electrons. The molecule has 3 nitrogen and oxygen atoms in total. The first kappa shape index (κ1) is 15.5. The molecule has 24 heavy (non-hydrogen) atoms. The maximum absolute atomic E-state index is 13.2. The standard InChI is InChI=1S/C21H25NO2/c1-3-4-5-15(21(23)14-7-6-13(14)2)17-12-24-19-9-8-18-16(20(17)19)10-11-22-18/h8-15,22H,3-7H2,1-2H3. The Morgan fingerprint density at radius 2 is 2.21 bits per heavy atom. The second kappa shape index (κ2) is 6.12. The molecule has 0 amide bonds. The largest absolute Gasteiger partial charge is 0.464 e. The maximum Gasteiger partial charge on any atom is 0.143 e. The summed E-state index contributed by atoms with van der Waals surface area (Å²) in [6.07, 6.45) is 9.14. The molecule has 3 aromatic rings. The molecule has 0 bridgehead atoms. The van der Waals surface area contributed by atoms with Gasteiger partial charge in [-0.15, -0.1) is 0 Å². The molecule has 2 aromatic heterocycles. The number of Topliss-reactive ketones (excluding diaryl/α,β-unsaturated/α-hetero) is 1. The number of carbonyl (C=O) groups is 1. The lowest BCUT2D eigenvalue weighted by Gasteiger charge is -2.35. The van der Waals surface area contributed by atoms with E-state index in [1.165, 1.54) is 6.42 Å². The van der Waals surface area contributed by atoms with Crippen LogP contribution in [0.15, 0.2) is 35.1 Å². The lowest BCUT2D eigenvalue weighted by molar-refractivity contribution is -0.129. The quantitative estimate of drug-likeness (QED) is 0.623. The van der Waals surface area contributed by atoms with Gasteiger partial charge in [0.1, 0.15) is 11.4 Å². The highest BCUT2D eigenvalue weighted by molar-refractivity contribution is 6.08. The van der Waals surface area contributed by atoms with Gasteiger partial charge in [0.15, 0.2) is 0 Å². The molecule has 0 saturated heterocycles. The summed E-state index contributed by atoms with van der Waals surface area (Å²) in [6.45, 7) is 4.39. The molecule has 0 aliphatic heterocycles. The van der Waals surface area contributed by atoms with Crippen molar-refractivity contribution in [2.75, 3.05) is 0 Å². The summed E-state index contributed by atoms with van der Waals surface area (Å²) >= 11 is 0. The van der Waals surface area contributed by atoms with Crippen LogP contribution in [0.3, 0.4) is 0 Å². The Morgan fingerprint density at radius 1 is 1.33 bits per heavy atom. The highest BCUT2D eigenvalue weighted by Gasteiger charge is 2.38. The van der Waals surface area contributed by atoms with E-state index in [0.29, 0.717) is 11.7 Å². The Morgan fingerprint density at radius 3 is 2.92 bits per heavy atom. The molecule has 4 rings (SSSR count). The third-order valence-electron chi connectivity index (χ3n) is 5.85. The van der Waals surface area contributed by atoms with Crippen molar-refractivity contribution in [1.29, 1.82) is 0 Å². The number of hydrogen-bond donors (Lipinski definition) is 1. The molecule has 126 valence electrons. The summed E-state index contributed by atoms with van der Waals surface area (Å²) in [5.74, 6) is 1.17. The number of benzene rings is 1. The minimum absolute atomic E-state index is 0.0283. The van der Waals surface area contributed by atoms with Crippen molar-refractivity contribution in [2.24, 2.45) is 11.8 Å². The number of rotatable bonds is 6. The summed E-state index contributed by atoms with van der Waals surface area (Å²) in [7, 11) is 0. The van der Waals surface area contributed by atoms with Crippen molar-refractivity contribution in [3.63, 3.8) is 0 Å². The van der Waals surface area contributed by atoms with E-state index in [-0.39, 0.29) is 11.8 Å². The molecule has 1 N–H and O–H groups in total. The van der Waals surface area contributed by atoms with Crippen LogP contribution in [0.1, 0.15) is 57.4 Å². The number of carbonyl (C=O) groups excluding carboxylic acids is 1. The Hall–Kier alpha value is -2.03. The topological polar surface area (TPSA) is 46.0 Å². The van der Waals surface area contributed by atoms with Crippen molar-refractivity contribution in [3.05, 3.63) is 36.2 Å². The van der Waals surface area contributed by atoms with Gasteiger partial charge in [-0.3, -0.25) is 4.79 Å². The van der Waals surface area contributed by atoms with Gasteiger partial charge in [0.05, 0.1) is 6.26 Å². The second-order valence-electron chi connectivity index (χ2n) is 7.33. The summed E-state index contributed by atoms with van der Waals surface area (Å²) in [6, 6.07) is 6.14. The summed E-state index contributed by atoms with van der Waals surface area (Å²) < 4.78 is 5.83. The number of unbranched alkanes of at least 4 members (excludes halogenated alkanes) is 1. The maximum atomic E-state index is 13.2. The number of nitrogens with one attached hydrogen (secondary N) is 1. The molecule has 3 atom stereocenters. The minimum atomic E-state index is -0.0283. The Bertz CT molecular complexity index is 872. The molecule has 1 aromatic carbocycles. The Labute approximate surface area is 142 Å². The molecular weight excluding hydrogens is 298 g/mol. The molecular formula is C21H25NO2. The van der Waals surface area contributed by atoms with Gasteiger partial charge in [-0.1, -0.05) is 26.7 Å². The van der Waals surface area contributed by atoms with Gasteiger partial charge in [-0.25, -0.2) is 0 Å². The SMILES string of the molecule is CCCCC(C(=O)C1CCC1C)c1coc2ccc3[nH]ccc3c12. The van der Waals surface area contributed by atoms with Gasteiger partial charge >= 0.3 is 0 Å². The van der Waals surface area contributed by atoms with Crippen molar-refractivity contribution in [3.8, 4) is 0 Å². The molecule has 1 aliphatic carbocycles. The van der Waals surface area contributed by atoms with E-state index in [9.17, 15) is 4.79 Å². The fourth-order valence-electron chi connectivity index (χ4n) is 4.16. The zero-order valence-corrected chi connectivity index (χ0v) is 14.5. The number of ketones is 1. The Balaban J connectivity index is 1.81. The van der Waals surface area contributed by atoms with E-state index in [1.54, 1.807) is 0 Å². The van der Waals surface area contributed by atoms with Gasteiger partial charge < -0.3 is 9.40 Å². The van der Waals surface area contributed by atoms with E-state index < -0.39 is 0 Å². The molecule has 2 heterocycles. The number of aromatic amines is 1. The highest BCUT2D eigenvalue weighted by atomic mass is 16.3. The van der Waals surface area contributed by atoms with Crippen molar-refractivity contribution in [1.82, 2.24) is 4.98 Å². The van der Waals surface area contributed by atoms with E-state index in [1.807, 2.05) is 24.6 Å². The fourth-order valence-corrected chi connectivity index (χ4v) is 4.16. The third kappa shape index (κ3) is 2.38. The number of fused-ring (bicyclic) bond motifs is 3. The van der Waals surface area contributed by atoms with Crippen molar-refractivity contribution >= 4 is 27.7 Å². The van der Waals surface area contributed by atoms with E-state index >= 15 is 0 Å². The second-order valence-corrected chi connectivity index (χ2v) is 7.33. The van der Waals surface area contributed by atoms with Gasteiger partial charge in [0.25, 0.3) is 0 Å². The molecule has 3 heteroatoms. The van der Waals surface area contributed by atoms with E-state index in [0.717, 1.165) is 53.1 Å². The smallest absolute Gasteiger partial charge is 0.143 e. The zero-order valence-electron chi connectivity index (χ0n) is 14.5. The normalized spacial score (nSPS) is 21.9. The van der Waals surface area contributed by atoms with E-state index in [4.69, 9.17) is 4.42 Å². The zero-order chi connectivity index (χ0) is 16.7. The molecule has 0 spiro atoms. The number of aromatic nitrogens is 1. The van der Waals surface area contributed by atoms with Crippen LogP contribution in [0.4, 0.5) is 0 Å². The van der Waals surface area contributed by atoms with Crippen LogP contribution in [-0.2, 0) is 4.79 Å². The summed E-state index contributed by atoms with van der Waals surface area (Å²) in [4.78, 5) is 16.5. The first-order chi connectivity index (χ1) is 11.7. The molecule has 3 unspecified atom stereocenters. The van der Waals surface area contributed by atoms with Crippen LogP contribution < -0.4 is 0 Å². The molecule has 1 fully saturated rings. The van der Waals surface area contributed by atoms with Crippen molar-refractivity contribution < 1.29 is 9.21 Å². The minimum Gasteiger partial charge on any atom is -0.464 e. The molecule has 1 saturated carbocycles.